The van der Waals surface area contributed by atoms with E-state index in [-0.39, 0.29) is 17.2 Å². The molecule has 2 atom stereocenters. The van der Waals surface area contributed by atoms with Crippen molar-refractivity contribution in [1.29, 1.82) is 0 Å². The molecule has 2 unspecified atom stereocenters. The molecule has 0 spiro atoms. The third kappa shape index (κ3) is 2.18. The van der Waals surface area contributed by atoms with Gasteiger partial charge in [-0.1, -0.05) is 0 Å². The quantitative estimate of drug-likeness (QED) is 0.673. The van der Waals surface area contributed by atoms with Crippen molar-refractivity contribution < 1.29 is 14.3 Å². The van der Waals surface area contributed by atoms with Gasteiger partial charge in [-0.3, -0.25) is 10.1 Å². The first-order chi connectivity index (χ1) is 9.66. The minimum absolute atomic E-state index is 0.108. The van der Waals surface area contributed by atoms with Crippen LogP contribution in [0.4, 0.5) is 11.4 Å². The fourth-order valence-electron chi connectivity index (χ4n) is 2.43. The number of ether oxygens (including phenoxy) is 1. The van der Waals surface area contributed by atoms with Crippen molar-refractivity contribution in [2.24, 2.45) is 5.92 Å². The molecule has 1 aliphatic rings. The second-order valence-electron chi connectivity index (χ2n) is 4.91. The maximum atomic E-state index is 10.9. The number of aromatic nitrogens is 2. The molecule has 1 N–H and O–H groups in total. The monoisotopic (exact) mass is 278 g/mol. The Balaban J connectivity index is 1.90. The summed E-state index contributed by atoms with van der Waals surface area (Å²) >= 11 is 0. The summed E-state index contributed by atoms with van der Waals surface area (Å²) < 4.78 is 10.00. The van der Waals surface area contributed by atoms with E-state index in [1.807, 2.05) is 0 Å². The van der Waals surface area contributed by atoms with Crippen LogP contribution in [0.15, 0.2) is 16.8 Å². The Morgan fingerprint density at radius 2 is 2.25 bits per heavy atom. The fraction of sp³-hybridized carbons (Fsp3) is 0.500. The van der Waals surface area contributed by atoms with Crippen LogP contribution in [-0.2, 0) is 4.74 Å². The second-order valence-corrected chi connectivity index (χ2v) is 4.91. The summed E-state index contributed by atoms with van der Waals surface area (Å²) in [7, 11) is 0. The van der Waals surface area contributed by atoms with E-state index in [2.05, 4.69) is 27.2 Å². The van der Waals surface area contributed by atoms with Gasteiger partial charge in [-0.05, 0) is 29.7 Å². The predicted octanol–water partition coefficient (Wildman–Crippen LogP) is 1.97. The number of nitro benzene ring substituents is 1. The van der Waals surface area contributed by atoms with E-state index < -0.39 is 4.92 Å². The highest BCUT2D eigenvalue weighted by Gasteiger charge is 2.25. The van der Waals surface area contributed by atoms with Gasteiger partial charge in [0.2, 0.25) is 5.52 Å². The lowest BCUT2D eigenvalue weighted by Gasteiger charge is -2.20. The van der Waals surface area contributed by atoms with Gasteiger partial charge in [0.1, 0.15) is 0 Å². The van der Waals surface area contributed by atoms with Crippen LogP contribution in [0, 0.1) is 16.0 Å². The Morgan fingerprint density at radius 3 is 2.95 bits per heavy atom. The molecular formula is C12H14N4O4. The summed E-state index contributed by atoms with van der Waals surface area (Å²) in [5, 5.41) is 21.6. The summed E-state index contributed by atoms with van der Waals surface area (Å²) in [5.74, 6) is 0.417. The van der Waals surface area contributed by atoms with Gasteiger partial charge in [0.05, 0.1) is 17.2 Å². The van der Waals surface area contributed by atoms with E-state index in [1.54, 1.807) is 6.07 Å². The highest BCUT2D eigenvalue weighted by Crippen LogP contribution is 2.30. The Labute approximate surface area is 114 Å². The number of benzene rings is 1. The Kier molecular flexibility index (Phi) is 3.23. The topological polar surface area (TPSA) is 103 Å². The van der Waals surface area contributed by atoms with Crippen LogP contribution >= 0.6 is 0 Å². The van der Waals surface area contributed by atoms with Crippen LogP contribution in [0.5, 0.6) is 0 Å². The smallest absolute Gasteiger partial charge is 0.300 e. The molecule has 1 aliphatic heterocycles. The number of fused-ring (bicyclic) bond motifs is 1. The lowest BCUT2D eigenvalue weighted by Crippen LogP contribution is -2.26. The molecule has 1 saturated heterocycles. The maximum absolute atomic E-state index is 10.9. The minimum atomic E-state index is -0.495. The third-order valence-electron chi connectivity index (χ3n) is 3.65. The van der Waals surface area contributed by atoms with Gasteiger partial charge >= 0.3 is 5.69 Å². The molecule has 0 aliphatic carbocycles. The molecule has 1 fully saturated rings. The van der Waals surface area contributed by atoms with Crippen LogP contribution in [0.2, 0.25) is 0 Å². The predicted molar refractivity (Wildman–Crippen MR) is 70.5 cm³/mol. The Hall–Kier alpha value is -2.22. The molecule has 2 heterocycles. The van der Waals surface area contributed by atoms with Crippen molar-refractivity contribution in [2.45, 2.75) is 19.4 Å². The lowest BCUT2D eigenvalue weighted by molar-refractivity contribution is -0.383. The Morgan fingerprint density at radius 1 is 1.45 bits per heavy atom. The van der Waals surface area contributed by atoms with Gasteiger partial charge in [-0.2, -0.15) is 0 Å². The maximum Gasteiger partial charge on any atom is 0.300 e. The molecule has 1 aromatic heterocycles. The van der Waals surface area contributed by atoms with Gasteiger partial charge in [0, 0.05) is 24.6 Å². The normalized spacial score (nSPS) is 20.1. The van der Waals surface area contributed by atoms with Crippen LogP contribution in [0.3, 0.4) is 0 Å². The van der Waals surface area contributed by atoms with Gasteiger partial charge < -0.3 is 10.1 Å². The van der Waals surface area contributed by atoms with Crippen LogP contribution < -0.4 is 5.32 Å². The zero-order valence-corrected chi connectivity index (χ0v) is 10.9. The average Bonchev–Trinajstić information content (AvgIpc) is 3.10. The van der Waals surface area contributed by atoms with Crippen molar-refractivity contribution >= 4 is 22.4 Å². The number of hydrogen-bond acceptors (Lipinski definition) is 7. The van der Waals surface area contributed by atoms with E-state index in [0.717, 1.165) is 19.6 Å². The van der Waals surface area contributed by atoms with Crippen molar-refractivity contribution in [3.63, 3.8) is 0 Å². The third-order valence-corrected chi connectivity index (χ3v) is 3.65. The molecule has 20 heavy (non-hydrogen) atoms. The summed E-state index contributed by atoms with van der Waals surface area (Å²) in [4.78, 5) is 10.4. The van der Waals surface area contributed by atoms with Gasteiger partial charge in [-0.15, -0.1) is 0 Å². The molecular weight excluding hydrogens is 264 g/mol. The van der Waals surface area contributed by atoms with Crippen LogP contribution in [-0.4, -0.2) is 34.5 Å². The van der Waals surface area contributed by atoms with Crippen LogP contribution in [0.1, 0.15) is 13.3 Å². The zero-order chi connectivity index (χ0) is 14.1. The number of nitrogens with one attached hydrogen (secondary N) is 1. The average molecular weight is 278 g/mol. The summed E-state index contributed by atoms with van der Waals surface area (Å²) in [5.41, 5.74) is 1.12. The summed E-state index contributed by atoms with van der Waals surface area (Å²) in [6.07, 6.45) is 1.00. The number of nitro groups is 1. The largest absolute Gasteiger partial charge is 0.381 e. The van der Waals surface area contributed by atoms with Gasteiger partial charge in [0.15, 0.2) is 5.52 Å². The zero-order valence-electron chi connectivity index (χ0n) is 10.9. The van der Waals surface area contributed by atoms with E-state index >= 15 is 0 Å². The van der Waals surface area contributed by atoms with Crippen molar-refractivity contribution in [3.8, 4) is 0 Å². The number of rotatable bonds is 4. The van der Waals surface area contributed by atoms with E-state index in [4.69, 9.17) is 4.74 Å². The second kappa shape index (κ2) is 5.04. The number of hydrogen-bond donors (Lipinski definition) is 1. The van der Waals surface area contributed by atoms with Crippen molar-refractivity contribution in [1.82, 2.24) is 10.3 Å². The number of non-ortho nitro benzene ring substituents is 1. The molecule has 2 aromatic rings. The molecule has 106 valence electrons. The summed E-state index contributed by atoms with van der Waals surface area (Å²) in [6.45, 7) is 3.55. The van der Waals surface area contributed by atoms with Gasteiger partial charge in [0.25, 0.3) is 0 Å². The highest BCUT2D eigenvalue weighted by molar-refractivity contribution is 5.93. The first-order valence-electron chi connectivity index (χ1n) is 6.41. The van der Waals surface area contributed by atoms with E-state index in [1.165, 1.54) is 6.07 Å². The van der Waals surface area contributed by atoms with Crippen molar-refractivity contribution in [2.75, 3.05) is 18.5 Å². The molecule has 0 saturated carbocycles. The number of anilines is 1. The summed E-state index contributed by atoms with van der Waals surface area (Å²) in [6, 6.07) is 3.22. The first-order valence-corrected chi connectivity index (χ1v) is 6.41. The van der Waals surface area contributed by atoms with E-state index in [9.17, 15) is 10.1 Å². The van der Waals surface area contributed by atoms with Crippen molar-refractivity contribution in [3.05, 3.63) is 22.2 Å². The molecule has 0 amide bonds. The van der Waals surface area contributed by atoms with Crippen LogP contribution in [0.25, 0.3) is 11.0 Å². The Bertz CT molecular complexity index is 635. The standard InChI is InChI=1S/C12H14N4O4/c1-7(8-4-5-19-6-8)13-9-2-3-10(16(17)18)12-11(9)14-20-15-12/h2-3,7-8,13H,4-6H2,1H3. The molecule has 0 bridgehead atoms. The molecule has 3 rings (SSSR count). The SMILES string of the molecule is CC(Nc1ccc([N+](=O)[O-])c2nonc12)C1CCOC1. The molecule has 8 heteroatoms. The van der Waals surface area contributed by atoms with E-state index in [0.29, 0.717) is 17.1 Å². The molecule has 1 aromatic carbocycles. The minimum Gasteiger partial charge on any atom is -0.381 e. The first kappa shape index (κ1) is 12.8. The lowest BCUT2D eigenvalue weighted by atomic mass is 10.0. The number of nitrogens with zero attached hydrogens (tertiary/aromatic N) is 3. The fourth-order valence-corrected chi connectivity index (χ4v) is 2.43. The molecule has 8 nitrogen and oxygen atoms in total. The highest BCUT2D eigenvalue weighted by atomic mass is 16.6. The van der Waals surface area contributed by atoms with Gasteiger partial charge in [-0.25, -0.2) is 4.63 Å². The molecule has 0 radical (unpaired) electrons.